The Balaban J connectivity index is 1.56. The third kappa shape index (κ3) is 5.85. The van der Waals surface area contributed by atoms with Crippen LogP contribution < -0.4 is 14.5 Å². The monoisotopic (exact) mass is 649 g/mol. The van der Waals surface area contributed by atoms with Gasteiger partial charge in [0, 0.05) is 31.9 Å². The Bertz CT molecular complexity index is 1470. The van der Waals surface area contributed by atoms with Gasteiger partial charge in [0.2, 0.25) is 11.8 Å². The van der Waals surface area contributed by atoms with Crippen molar-refractivity contribution in [2.75, 3.05) is 42.6 Å². The van der Waals surface area contributed by atoms with Crippen LogP contribution in [0.5, 0.6) is 5.75 Å². The second-order valence-electron chi connectivity index (χ2n) is 12.4. The molecular weight excluding hydrogens is 606 g/mol. The topological polar surface area (TPSA) is 99.6 Å². The van der Waals surface area contributed by atoms with E-state index in [1.54, 1.807) is 51.1 Å². The summed E-state index contributed by atoms with van der Waals surface area (Å²) in [6, 6.07) is 13.4. The molecule has 3 saturated heterocycles. The van der Waals surface area contributed by atoms with Crippen LogP contribution in [0.15, 0.2) is 73.8 Å². The quantitative estimate of drug-likeness (QED) is 0.205. The average molecular weight is 650 g/mol. The minimum Gasteiger partial charge on any atom is -0.494 e. The maximum atomic E-state index is 14.8. The highest BCUT2D eigenvalue weighted by Gasteiger charge is 2.78. The van der Waals surface area contributed by atoms with E-state index in [4.69, 9.17) is 21.1 Å². The summed E-state index contributed by atoms with van der Waals surface area (Å²) in [6.45, 7) is 12.8. The number of amides is 3. The van der Waals surface area contributed by atoms with Gasteiger partial charge < -0.3 is 29.3 Å². The third-order valence-electron chi connectivity index (χ3n) is 9.59. The zero-order chi connectivity index (χ0) is 33.1. The smallest absolute Gasteiger partial charge is 0.253 e. The van der Waals surface area contributed by atoms with Crippen LogP contribution >= 0.6 is 11.6 Å². The summed E-state index contributed by atoms with van der Waals surface area (Å²) in [4.78, 5) is 48.8. The molecule has 3 aliphatic rings. The molecule has 3 amide bonds. The Morgan fingerprint density at radius 2 is 1.74 bits per heavy atom. The molecular formula is C36H44ClN3O6. The molecule has 3 fully saturated rings. The number of aliphatic hydroxyl groups is 1. The first-order valence-electron chi connectivity index (χ1n) is 16.1. The van der Waals surface area contributed by atoms with E-state index in [0.717, 1.165) is 0 Å². The van der Waals surface area contributed by atoms with E-state index in [2.05, 4.69) is 13.2 Å². The summed E-state index contributed by atoms with van der Waals surface area (Å²) >= 11 is 6.58. The number of carbonyl (C=O) groups is 3. The molecule has 3 heterocycles. The highest BCUT2D eigenvalue weighted by atomic mass is 35.5. The van der Waals surface area contributed by atoms with Gasteiger partial charge in [0.15, 0.2) is 0 Å². The Morgan fingerprint density at radius 1 is 1.04 bits per heavy atom. The molecule has 0 aliphatic carbocycles. The molecule has 2 bridgehead atoms. The third-order valence-corrected chi connectivity index (χ3v) is 9.91. The number of likely N-dealkylation sites (tertiary alicyclic amines) is 1. The Hall–Kier alpha value is -3.66. The van der Waals surface area contributed by atoms with Crippen LogP contribution in [0.1, 0.15) is 46.0 Å². The first kappa shape index (κ1) is 33.7. The fraction of sp³-hybridized carbons (Fsp3) is 0.472. The number of para-hydroxylation sites is 1. The Labute approximate surface area is 276 Å². The molecule has 10 heteroatoms. The molecule has 2 aromatic carbocycles. The summed E-state index contributed by atoms with van der Waals surface area (Å²) < 4.78 is 12.5. The van der Waals surface area contributed by atoms with Crippen LogP contribution in [-0.4, -0.2) is 77.8 Å². The Kier molecular flexibility index (Phi) is 10.2. The minimum atomic E-state index is -1.19. The van der Waals surface area contributed by atoms with Crippen LogP contribution in [-0.2, 0) is 19.1 Å². The number of aliphatic hydroxyl groups excluding tert-OH is 1. The van der Waals surface area contributed by atoms with Crippen LogP contribution in [0.4, 0.5) is 11.4 Å². The number of nitrogens with zero attached hydrogens (tertiary/aromatic N) is 3. The van der Waals surface area contributed by atoms with Crippen molar-refractivity contribution >= 4 is 40.7 Å². The minimum absolute atomic E-state index is 0.0468. The highest BCUT2D eigenvalue weighted by Crippen LogP contribution is 2.63. The molecule has 0 aromatic heterocycles. The van der Waals surface area contributed by atoms with Gasteiger partial charge in [-0.25, -0.2) is 0 Å². The molecule has 2 unspecified atom stereocenters. The van der Waals surface area contributed by atoms with Crippen molar-refractivity contribution in [1.82, 2.24) is 4.90 Å². The van der Waals surface area contributed by atoms with Gasteiger partial charge in [0.1, 0.15) is 17.4 Å². The lowest BCUT2D eigenvalue weighted by Crippen LogP contribution is -2.56. The Morgan fingerprint density at radius 3 is 2.39 bits per heavy atom. The van der Waals surface area contributed by atoms with Gasteiger partial charge in [0.05, 0.1) is 34.8 Å². The second-order valence-corrected chi connectivity index (χ2v) is 12.8. The van der Waals surface area contributed by atoms with Gasteiger partial charge >= 0.3 is 0 Å². The highest BCUT2D eigenvalue weighted by molar-refractivity contribution is 6.34. The predicted octanol–water partition coefficient (Wildman–Crippen LogP) is 5.40. The fourth-order valence-corrected chi connectivity index (χ4v) is 7.89. The van der Waals surface area contributed by atoms with E-state index in [9.17, 15) is 19.5 Å². The summed E-state index contributed by atoms with van der Waals surface area (Å²) in [5, 5.41) is 9.77. The number of anilines is 2. The zero-order valence-electron chi connectivity index (χ0n) is 26.7. The lowest BCUT2D eigenvalue weighted by molar-refractivity contribution is -0.144. The maximum absolute atomic E-state index is 14.8. The lowest BCUT2D eigenvalue weighted by Gasteiger charge is -2.37. The van der Waals surface area contributed by atoms with E-state index in [0.29, 0.717) is 67.4 Å². The van der Waals surface area contributed by atoms with Crippen molar-refractivity contribution in [2.24, 2.45) is 11.8 Å². The second kappa shape index (κ2) is 14.0. The van der Waals surface area contributed by atoms with Crippen molar-refractivity contribution < 1.29 is 29.0 Å². The number of hydrogen-bond acceptors (Lipinski definition) is 6. The number of carbonyl (C=O) groups excluding carboxylic acids is 3. The number of halogens is 1. The normalized spacial score (nSPS) is 26.1. The van der Waals surface area contributed by atoms with Gasteiger partial charge in [-0.15, -0.1) is 13.2 Å². The summed E-state index contributed by atoms with van der Waals surface area (Å²) in [5.74, 6) is -1.79. The first-order chi connectivity index (χ1) is 22.2. The average Bonchev–Trinajstić information content (AvgIpc) is 3.61. The van der Waals surface area contributed by atoms with Crippen LogP contribution in [0.3, 0.4) is 0 Å². The van der Waals surface area contributed by atoms with Crippen LogP contribution in [0.25, 0.3) is 0 Å². The van der Waals surface area contributed by atoms with E-state index in [1.807, 2.05) is 38.1 Å². The summed E-state index contributed by atoms with van der Waals surface area (Å²) in [6.07, 6.45) is 6.14. The lowest BCUT2D eigenvalue weighted by atomic mass is 9.66. The number of ether oxygens (including phenoxy) is 2. The SMILES string of the molecule is C=CCN(C(=O)[C@H]1[C@H]2C(=O)N(CCCCCO)C(C(=O)N(CC=C)c3ccccc3Cl)C23CC[C@]1(C)O3)c1ccc(OCC)cc1. The van der Waals surface area contributed by atoms with Crippen molar-refractivity contribution in [1.29, 1.82) is 0 Å². The number of unbranched alkanes of at least 4 members (excludes halogenated alkanes) is 2. The molecule has 0 saturated carbocycles. The molecule has 3 aliphatic heterocycles. The zero-order valence-corrected chi connectivity index (χ0v) is 27.5. The predicted molar refractivity (Wildman–Crippen MR) is 179 cm³/mol. The number of benzene rings is 2. The van der Waals surface area contributed by atoms with Crippen LogP contribution in [0.2, 0.25) is 5.02 Å². The number of rotatable bonds is 15. The van der Waals surface area contributed by atoms with E-state index in [1.165, 1.54) is 0 Å². The van der Waals surface area contributed by atoms with Gasteiger partial charge in [0.25, 0.3) is 5.91 Å². The van der Waals surface area contributed by atoms with Gasteiger partial charge in [-0.1, -0.05) is 35.9 Å². The van der Waals surface area contributed by atoms with Crippen LogP contribution in [0, 0.1) is 11.8 Å². The van der Waals surface area contributed by atoms with Crippen molar-refractivity contribution in [3.05, 3.63) is 78.9 Å². The molecule has 0 radical (unpaired) electrons. The maximum Gasteiger partial charge on any atom is 0.253 e. The van der Waals surface area contributed by atoms with Crippen molar-refractivity contribution in [3.63, 3.8) is 0 Å². The van der Waals surface area contributed by atoms with Crippen molar-refractivity contribution in [3.8, 4) is 5.75 Å². The van der Waals surface area contributed by atoms with Gasteiger partial charge in [-0.2, -0.15) is 0 Å². The van der Waals surface area contributed by atoms with Gasteiger partial charge in [-0.3, -0.25) is 14.4 Å². The molecule has 246 valence electrons. The number of fused-ring (bicyclic) bond motifs is 1. The largest absolute Gasteiger partial charge is 0.494 e. The fourth-order valence-electron chi connectivity index (χ4n) is 7.66. The van der Waals surface area contributed by atoms with Gasteiger partial charge in [-0.05, 0) is 82.3 Å². The molecule has 5 atom stereocenters. The number of hydrogen-bond donors (Lipinski definition) is 1. The van der Waals surface area contributed by atoms with E-state index in [-0.39, 0.29) is 37.4 Å². The van der Waals surface area contributed by atoms with E-state index < -0.39 is 29.1 Å². The molecule has 9 nitrogen and oxygen atoms in total. The molecule has 2 aromatic rings. The standard InChI is InChI=1S/C36H44ClN3O6/c1-5-21-38(25-15-17-26(18-16-25)45-7-3)32(42)29-30-33(43)40(23-11-8-12-24-41)31(36(30)20-19-35(29,4)46-36)34(44)39(22-6-2)28-14-10-9-13-27(28)37/h5-6,9-10,13-18,29-31,41H,1-2,7-8,11-12,19-24H2,3-4H3/t29-,30+,31?,35+,36?/m1/s1. The first-order valence-corrected chi connectivity index (χ1v) is 16.5. The molecule has 1 spiro atoms. The summed E-state index contributed by atoms with van der Waals surface area (Å²) in [5.41, 5.74) is -0.971. The van der Waals surface area contributed by atoms with E-state index >= 15 is 0 Å². The molecule has 46 heavy (non-hydrogen) atoms. The molecule has 1 N–H and O–H groups in total. The summed E-state index contributed by atoms with van der Waals surface area (Å²) in [7, 11) is 0. The molecule has 5 rings (SSSR count). The van der Waals surface area contributed by atoms with Crippen molar-refractivity contribution in [2.45, 2.75) is 63.2 Å².